The van der Waals surface area contributed by atoms with Crippen LogP contribution in [0.25, 0.3) is 0 Å². The van der Waals surface area contributed by atoms with E-state index >= 15 is 0 Å². The lowest BCUT2D eigenvalue weighted by molar-refractivity contribution is -0.144. The third-order valence-electron chi connectivity index (χ3n) is 1.33. The molecule has 0 fully saturated rings. The molecule has 4 heteroatoms. The molecule has 0 spiro atoms. The Morgan fingerprint density at radius 1 is 1.67 bits per heavy atom. The molecule has 68 valence electrons. The van der Waals surface area contributed by atoms with Gasteiger partial charge in [-0.3, -0.25) is 0 Å². The number of isocyanates is 1. The molecular formula is C8H13NO3. The molecule has 0 amide bonds. The smallest absolute Gasteiger partial charge is 0.331 e. The Hall–Kier alpha value is -1.15. The highest BCUT2D eigenvalue weighted by molar-refractivity contribution is 5.76. The Morgan fingerprint density at radius 3 is 2.83 bits per heavy atom. The second kappa shape index (κ2) is 6.55. The van der Waals surface area contributed by atoms with E-state index in [1.54, 1.807) is 0 Å². The molecule has 0 rings (SSSR count). The molecule has 0 heterocycles. The zero-order chi connectivity index (χ0) is 9.40. The van der Waals surface area contributed by atoms with Crippen molar-refractivity contribution in [2.45, 2.75) is 32.7 Å². The van der Waals surface area contributed by atoms with E-state index in [-0.39, 0.29) is 0 Å². The summed E-state index contributed by atoms with van der Waals surface area (Å²) in [6, 6.07) is -0.723. The van der Waals surface area contributed by atoms with Gasteiger partial charge < -0.3 is 4.74 Å². The van der Waals surface area contributed by atoms with E-state index in [0.717, 1.165) is 12.8 Å². The van der Waals surface area contributed by atoms with Gasteiger partial charge in [0.25, 0.3) is 0 Å². The van der Waals surface area contributed by atoms with Crippen LogP contribution in [0.3, 0.4) is 0 Å². The van der Waals surface area contributed by atoms with Crippen molar-refractivity contribution in [3.8, 4) is 0 Å². The molecular weight excluding hydrogens is 158 g/mol. The van der Waals surface area contributed by atoms with Gasteiger partial charge in [-0.1, -0.05) is 13.3 Å². The first-order valence-electron chi connectivity index (χ1n) is 3.96. The zero-order valence-electron chi connectivity index (χ0n) is 7.37. The minimum Gasteiger partial charge on any atom is -0.464 e. The van der Waals surface area contributed by atoms with Crippen LogP contribution in [-0.4, -0.2) is 24.7 Å². The lowest BCUT2D eigenvalue weighted by Crippen LogP contribution is -2.18. The quantitative estimate of drug-likeness (QED) is 0.269. The van der Waals surface area contributed by atoms with Gasteiger partial charge in [-0.25, -0.2) is 9.59 Å². The molecule has 0 N–H and O–H groups in total. The van der Waals surface area contributed by atoms with Crippen LogP contribution >= 0.6 is 0 Å². The molecule has 0 aromatic rings. The number of esters is 1. The fourth-order valence-corrected chi connectivity index (χ4v) is 0.569. The van der Waals surface area contributed by atoms with Crippen LogP contribution in [0, 0.1) is 0 Å². The number of ether oxygens (including phenoxy) is 1. The van der Waals surface area contributed by atoms with Crippen LogP contribution in [0.5, 0.6) is 0 Å². The van der Waals surface area contributed by atoms with Crippen molar-refractivity contribution in [3.05, 3.63) is 0 Å². The second-order valence-electron chi connectivity index (χ2n) is 2.42. The summed E-state index contributed by atoms with van der Waals surface area (Å²) >= 11 is 0. The van der Waals surface area contributed by atoms with Gasteiger partial charge >= 0.3 is 5.97 Å². The van der Waals surface area contributed by atoms with Gasteiger partial charge in [0.2, 0.25) is 6.08 Å². The molecule has 0 aromatic heterocycles. The predicted octanol–water partition coefficient (Wildman–Crippen LogP) is 1.05. The fraction of sp³-hybridized carbons (Fsp3) is 0.750. The molecule has 0 aliphatic heterocycles. The van der Waals surface area contributed by atoms with Crippen LogP contribution in [0.2, 0.25) is 0 Å². The van der Waals surface area contributed by atoms with Crippen LogP contribution < -0.4 is 0 Å². The van der Waals surface area contributed by atoms with Crippen molar-refractivity contribution in [2.24, 2.45) is 4.99 Å². The highest BCUT2D eigenvalue weighted by Crippen LogP contribution is 1.95. The van der Waals surface area contributed by atoms with Crippen molar-refractivity contribution in [3.63, 3.8) is 0 Å². The number of rotatable bonds is 5. The number of carbonyl (C=O) groups is 1. The largest absolute Gasteiger partial charge is 0.464 e. The Morgan fingerprint density at radius 2 is 2.33 bits per heavy atom. The third-order valence-corrected chi connectivity index (χ3v) is 1.33. The van der Waals surface area contributed by atoms with Crippen LogP contribution in [0.4, 0.5) is 0 Å². The number of carbonyl (C=O) groups excluding carboxylic acids is 2. The average molecular weight is 171 g/mol. The van der Waals surface area contributed by atoms with E-state index < -0.39 is 12.0 Å². The summed E-state index contributed by atoms with van der Waals surface area (Å²) in [4.78, 5) is 23.9. The van der Waals surface area contributed by atoms with E-state index in [0.29, 0.717) is 6.61 Å². The lowest BCUT2D eigenvalue weighted by Gasteiger charge is -2.04. The molecule has 0 aliphatic rings. The van der Waals surface area contributed by atoms with E-state index in [2.05, 4.69) is 4.99 Å². The maximum absolute atomic E-state index is 10.9. The van der Waals surface area contributed by atoms with Gasteiger partial charge in [-0.15, -0.1) is 0 Å². The SMILES string of the molecule is CCCCOC(=O)C(C)N=C=O. The summed E-state index contributed by atoms with van der Waals surface area (Å²) in [5.41, 5.74) is 0. The van der Waals surface area contributed by atoms with E-state index in [1.807, 2.05) is 6.92 Å². The number of nitrogens with zero attached hydrogens (tertiary/aromatic N) is 1. The molecule has 0 aromatic carbocycles. The van der Waals surface area contributed by atoms with Crippen LogP contribution in [0.15, 0.2) is 4.99 Å². The van der Waals surface area contributed by atoms with Gasteiger partial charge in [0, 0.05) is 0 Å². The molecule has 0 bridgehead atoms. The van der Waals surface area contributed by atoms with Crippen LogP contribution in [-0.2, 0) is 14.3 Å². The lowest BCUT2D eigenvalue weighted by atomic mass is 10.3. The van der Waals surface area contributed by atoms with Crippen LogP contribution in [0.1, 0.15) is 26.7 Å². The summed E-state index contributed by atoms with van der Waals surface area (Å²) in [6.07, 6.45) is 3.12. The minimum atomic E-state index is -0.723. The molecule has 4 nitrogen and oxygen atoms in total. The summed E-state index contributed by atoms with van der Waals surface area (Å²) in [5.74, 6) is -0.466. The van der Waals surface area contributed by atoms with Gasteiger partial charge in [0.15, 0.2) is 6.04 Å². The standard InChI is InChI=1S/C8H13NO3/c1-3-4-5-12-8(11)7(2)9-6-10/h7H,3-5H2,1-2H3. The van der Waals surface area contributed by atoms with Crippen molar-refractivity contribution >= 4 is 12.0 Å². The third kappa shape index (κ3) is 4.63. The van der Waals surface area contributed by atoms with Gasteiger partial charge in [0.05, 0.1) is 6.61 Å². The Kier molecular flexibility index (Phi) is 5.93. The van der Waals surface area contributed by atoms with E-state index in [1.165, 1.54) is 13.0 Å². The Labute approximate surface area is 71.6 Å². The molecule has 0 radical (unpaired) electrons. The minimum absolute atomic E-state index is 0.397. The van der Waals surface area contributed by atoms with Crippen molar-refractivity contribution in [2.75, 3.05) is 6.61 Å². The number of aliphatic imine (C=N–C) groups is 1. The molecule has 0 saturated heterocycles. The van der Waals surface area contributed by atoms with Gasteiger partial charge in [0.1, 0.15) is 0 Å². The van der Waals surface area contributed by atoms with Crippen molar-refractivity contribution in [1.29, 1.82) is 0 Å². The highest BCUT2D eigenvalue weighted by atomic mass is 16.5. The second-order valence-corrected chi connectivity index (χ2v) is 2.42. The van der Waals surface area contributed by atoms with Gasteiger partial charge in [-0.2, -0.15) is 4.99 Å². The topological polar surface area (TPSA) is 55.7 Å². The number of hydrogen-bond acceptors (Lipinski definition) is 4. The molecule has 1 atom stereocenters. The van der Waals surface area contributed by atoms with E-state index in [4.69, 9.17) is 4.74 Å². The number of unbranched alkanes of at least 4 members (excludes halogenated alkanes) is 1. The Balaban J connectivity index is 3.64. The molecule has 0 aliphatic carbocycles. The highest BCUT2D eigenvalue weighted by Gasteiger charge is 2.11. The first-order valence-corrected chi connectivity index (χ1v) is 3.96. The predicted molar refractivity (Wildman–Crippen MR) is 43.5 cm³/mol. The summed E-state index contributed by atoms with van der Waals surface area (Å²) < 4.78 is 4.79. The first-order chi connectivity index (χ1) is 5.72. The summed E-state index contributed by atoms with van der Waals surface area (Å²) in [6.45, 7) is 3.90. The maximum atomic E-state index is 10.9. The number of hydrogen-bond donors (Lipinski definition) is 0. The summed E-state index contributed by atoms with van der Waals surface area (Å²) in [5, 5.41) is 0. The fourth-order valence-electron chi connectivity index (χ4n) is 0.569. The van der Waals surface area contributed by atoms with Crippen molar-refractivity contribution < 1.29 is 14.3 Å². The monoisotopic (exact) mass is 171 g/mol. The normalized spacial score (nSPS) is 11.5. The van der Waals surface area contributed by atoms with E-state index in [9.17, 15) is 9.59 Å². The first kappa shape index (κ1) is 10.8. The zero-order valence-corrected chi connectivity index (χ0v) is 7.37. The molecule has 1 unspecified atom stereocenters. The molecule has 12 heavy (non-hydrogen) atoms. The summed E-state index contributed by atoms with van der Waals surface area (Å²) in [7, 11) is 0. The Bertz CT molecular complexity index is 185. The van der Waals surface area contributed by atoms with Gasteiger partial charge in [-0.05, 0) is 13.3 Å². The average Bonchev–Trinajstić information content (AvgIpc) is 2.05. The molecule has 0 saturated carbocycles. The maximum Gasteiger partial charge on any atom is 0.331 e. The van der Waals surface area contributed by atoms with Crippen molar-refractivity contribution in [1.82, 2.24) is 0 Å².